The molecule has 2 amide bonds. The largest absolute Gasteiger partial charge is 0.497 e. The lowest BCUT2D eigenvalue weighted by molar-refractivity contribution is -0.146. The maximum Gasteiger partial charge on any atom is 0.312 e. The van der Waals surface area contributed by atoms with Crippen molar-refractivity contribution in [3.05, 3.63) is 78.0 Å². The average Bonchev–Trinajstić information content (AvgIpc) is 4.17. The number of ether oxygens (including phenoxy) is 3. The van der Waals surface area contributed by atoms with Crippen LogP contribution in [0.15, 0.2) is 66.9 Å². The van der Waals surface area contributed by atoms with Crippen LogP contribution in [-0.4, -0.2) is 79.2 Å². The number of hydrogen-bond donors (Lipinski definition) is 0. The quantitative estimate of drug-likeness (QED) is 0.102. The highest BCUT2D eigenvalue weighted by atomic mass is 19.1. The third kappa shape index (κ3) is 7.21. The van der Waals surface area contributed by atoms with Crippen LogP contribution in [0.2, 0.25) is 0 Å². The van der Waals surface area contributed by atoms with Gasteiger partial charge in [-0.05, 0) is 85.5 Å². The molecule has 2 aromatic heterocycles. The van der Waals surface area contributed by atoms with Gasteiger partial charge in [-0.2, -0.15) is 0 Å². The molecule has 1 aliphatic heterocycles. The van der Waals surface area contributed by atoms with E-state index in [4.69, 9.17) is 19.2 Å². The fourth-order valence-electron chi connectivity index (χ4n) is 7.91. The first-order valence-corrected chi connectivity index (χ1v) is 19.1. The molecule has 4 aromatic rings. The average molecular weight is 772 g/mol. The highest BCUT2D eigenvalue weighted by Crippen LogP contribution is 2.55. The molecule has 56 heavy (non-hydrogen) atoms. The molecule has 3 saturated carbocycles. The number of hydrogen-bond acceptors (Lipinski definition) is 10. The first-order chi connectivity index (χ1) is 27.0. The zero-order chi connectivity index (χ0) is 39.3. The minimum atomic E-state index is -1.80. The number of carbonyl (C=O) groups is 3. The summed E-state index contributed by atoms with van der Waals surface area (Å²) in [5.74, 6) is -2.64. The Morgan fingerprint density at radius 3 is 1.98 bits per heavy atom. The monoisotopic (exact) mass is 771 g/mol. The van der Waals surface area contributed by atoms with E-state index in [0.717, 1.165) is 16.0 Å². The SMILES string of the molecule is CCOC(=O)C1CC1(F)C1CCCN1c1cc2cc(N(C(=O)C3CC3F)C(=O)C3CC3F)ncc2c(N(Cc2ccc(OC)cc2)Cc2ccc(OC)cc2)n1. The van der Waals surface area contributed by atoms with Gasteiger partial charge in [0.15, 0.2) is 0 Å². The second-order valence-electron chi connectivity index (χ2n) is 15.1. The summed E-state index contributed by atoms with van der Waals surface area (Å²) >= 11 is 0. The smallest absolute Gasteiger partial charge is 0.312 e. The first-order valence-electron chi connectivity index (χ1n) is 19.1. The van der Waals surface area contributed by atoms with Gasteiger partial charge in [0.25, 0.3) is 0 Å². The molecule has 0 N–H and O–H groups in total. The molecule has 7 atom stereocenters. The van der Waals surface area contributed by atoms with E-state index in [1.807, 2.05) is 53.4 Å². The van der Waals surface area contributed by atoms with E-state index >= 15 is 4.39 Å². The fraction of sp³-hybridized carbons (Fsp3) is 0.452. The van der Waals surface area contributed by atoms with Crippen LogP contribution < -0.4 is 24.2 Å². The molecular weight excluding hydrogens is 727 g/mol. The van der Waals surface area contributed by atoms with Crippen molar-refractivity contribution in [1.82, 2.24) is 9.97 Å². The molecule has 0 radical (unpaired) electrons. The number of pyridine rings is 2. The molecular formula is C42H44F3N5O6. The lowest BCUT2D eigenvalue weighted by atomic mass is 10.0. The molecule has 8 rings (SSSR count). The number of benzene rings is 2. The van der Waals surface area contributed by atoms with E-state index in [1.54, 1.807) is 33.3 Å². The van der Waals surface area contributed by atoms with E-state index in [9.17, 15) is 23.2 Å². The maximum atomic E-state index is 16.7. The van der Waals surface area contributed by atoms with Crippen LogP contribution in [-0.2, 0) is 32.2 Å². The molecule has 1 saturated heterocycles. The number of esters is 1. The third-order valence-electron chi connectivity index (χ3n) is 11.4. The van der Waals surface area contributed by atoms with E-state index in [0.29, 0.717) is 66.4 Å². The molecule has 4 fully saturated rings. The van der Waals surface area contributed by atoms with Crippen LogP contribution in [0, 0.1) is 17.8 Å². The topological polar surface area (TPSA) is 114 Å². The highest BCUT2D eigenvalue weighted by molar-refractivity contribution is 6.18. The number of anilines is 3. The first kappa shape index (κ1) is 37.5. The summed E-state index contributed by atoms with van der Waals surface area (Å²) < 4.78 is 61.1. The van der Waals surface area contributed by atoms with Crippen molar-refractivity contribution >= 4 is 46.0 Å². The van der Waals surface area contributed by atoms with Crippen molar-refractivity contribution in [1.29, 1.82) is 0 Å². The number of halogens is 3. The Bertz CT molecular complexity index is 2060. The van der Waals surface area contributed by atoms with Gasteiger partial charge in [-0.3, -0.25) is 14.4 Å². The number of imide groups is 1. The second-order valence-corrected chi connectivity index (χ2v) is 15.1. The van der Waals surface area contributed by atoms with Gasteiger partial charge >= 0.3 is 5.97 Å². The lowest BCUT2D eigenvalue weighted by Gasteiger charge is -2.32. The van der Waals surface area contributed by atoms with Crippen LogP contribution >= 0.6 is 0 Å². The number of amides is 2. The summed E-state index contributed by atoms with van der Waals surface area (Å²) in [6.45, 7) is 3.09. The van der Waals surface area contributed by atoms with Crippen molar-refractivity contribution in [3.8, 4) is 11.5 Å². The van der Waals surface area contributed by atoms with Crippen molar-refractivity contribution < 1.29 is 41.8 Å². The normalized spacial score (nSPS) is 26.1. The second kappa shape index (κ2) is 14.9. The number of alkyl halides is 3. The molecule has 3 aliphatic carbocycles. The number of rotatable bonds is 14. The van der Waals surface area contributed by atoms with Crippen molar-refractivity contribution in [2.24, 2.45) is 17.8 Å². The van der Waals surface area contributed by atoms with E-state index in [2.05, 4.69) is 9.88 Å². The van der Waals surface area contributed by atoms with Crippen LogP contribution in [0.1, 0.15) is 50.2 Å². The van der Waals surface area contributed by atoms with Gasteiger partial charge in [0.1, 0.15) is 47.0 Å². The minimum absolute atomic E-state index is 0.0159. The molecule has 0 spiro atoms. The molecule has 14 heteroatoms. The standard InChI is InChI=1S/C42H44F3N5O6/c1-4-56-41(53)32-20-42(32,45)35-6-5-15-49(35)37-17-26-16-36(50(39(51)29-18-33(29)43)40(52)30-19-34(30)44)46-21-31(26)38(47-37)48(22-24-7-11-27(54-2)12-8-24)23-25-9-13-28(55-3)14-10-25/h7-14,16-17,21,29-30,32-35H,4-6,15,18-20,22-23H2,1-3H3. The van der Waals surface area contributed by atoms with Crippen LogP contribution in [0.4, 0.5) is 30.6 Å². The lowest BCUT2D eigenvalue weighted by Crippen LogP contribution is -2.41. The predicted octanol–water partition coefficient (Wildman–Crippen LogP) is 6.69. The summed E-state index contributed by atoms with van der Waals surface area (Å²) in [5, 5.41) is 1.11. The summed E-state index contributed by atoms with van der Waals surface area (Å²) in [5.41, 5.74) is 0.0864. The zero-order valence-corrected chi connectivity index (χ0v) is 31.5. The summed E-state index contributed by atoms with van der Waals surface area (Å²) in [6.07, 6.45) is -0.0604. The fourth-order valence-corrected chi connectivity index (χ4v) is 7.91. The Labute approximate surface area is 322 Å². The third-order valence-corrected chi connectivity index (χ3v) is 11.4. The number of fused-ring (bicyclic) bond motifs is 1. The van der Waals surface area contributed by atoms with E-state index < -0.39 is 59.6 Å². The van der Waals surface area contributed by atoms with Crippen molar-refractivity contribution in [2.45, 2.75) is 76.2 Å². The Morgan fingerprint density at radius 2 is 1.46 bits per heavy atom. The van der Waals surface area contributed by atoms with E-state index in [-0.39, 0.29) is 31.7 Å². The number of nitrogens with zero attached hydrogens (tertiary/aromatic N) is 5. The number of carbonyl (C=O) groups excluding carboxylic acids is 3. The van der Waals surface area contributed by atoms with Gasteiger partial charge in [-0.25, -0.2) is 28.0 Å². The van der Waals surface area contributed by atoms with Gasteiger partial charge in [-0.15, -0.1) is 0 Å². The Hall–Kier alpha value is -5.40. The molecule has 2 aromatic carbocycles. The Morgan fingerprint density at radius 1 is 0.893 bits per heavy atom. The zero-order valence-electron chi connectivity index (χ0n) is 31.5. The summed E-state index contributed by atoms with van der Waals surface area (Å²) in [6, 6.07) is 18.0. The molecule has 11 nitrogen and oxygen atoms in total. The summed E-state index contributed by atoms with van der Waals surface area (Å²) in [4.78, 5) is 54.4. The van der Waals surface area contributed by atoms with Gasteiger partial charge in [0.05, 0.1) is 44.6 Å². The Balaban J connectivity index is 1.25. The van der Waals surface area contributed by atoms with Crippen LogP contribution in [0.3, 0.4) is 0 Å². The molecule has 7 unspecified atom stereocenters. The molecule has 3 heterocycles. The van der Waals surface area contributed by atoms with Crippen LogP contribution in [0.5, 0.6) is 11.5 Å². The van der Waals surface area contributed by atoms with Gasteiger partial charge in [-0.1, -0.05) is 24.3 Å². The van der Waals surface area contributed by atoms with Crippen LogP contribution in [0.25, 0.3) is 10.8 Å². The summed E-state index contributed by atoms with van der Waals surface area (Å²) in [7, 11) is 3.20. The van der Waals surface area contributed by atoms with Gasteiger partial charge in [0.2, 0.25) is 11.8 Å². The number of methoxy groups -OCH3 is 2. The van der Waals surface area contributed by atoms with Gasteiger partial charge < -0.3 is 24.0 Å². The van der Waals surface area contributed by atoms with Crippen molar-refractivity contribution in [3.63, 3.8) is 0 Å². The molecule has 4 aliphatic rings. The molecule has 294 valence electrons. The highest BCUT2D eigenvalue weighted by Gasteiger charge is 2.67. The maximum absolute atomic E-state index is 16.7. The number of aromatic nitrogens is 2. The van der Waals surface area contributed by atoms with E-state index in [1.165, 1.54) is 6.20 Å². The predicted molar refractivity (Wildman–Crippen MR) is 203 cm³/mol. The minimum Gasteiger partial charge on any atom is -0.497 e. The van der Waals surface area contributed by atoms with Gasteiger partial charge in [0, 0.05) is 37.6 Å². The molecule has 0 bridgehead atoms. The Kier molecular flexibility index (Phi) is 10.00. The van der Waals surface area contributed by atoms with Crippen molar-refractivity contribution in [2.75, 3.05) is 42.1 Å².